The van der Waals surface area contributed by atoms with E-state index < -0.39 is 6.61 Å². The lowest BCUT2D eigenvalue weighted by Gasteiger charge is -2.32. The molecule has 1 heterocycles. The van der Waals surface area contributed by atoms with E-state index in [1.54, 1.807) is 17.0 Å². The van der Waals surface area contributed by atoms with Gasteiger partial charge < -0.3 is 9.64 Å². The molecule has 0 radical (unpaired) electrons. The van der Waals surface area contributed by atoms with Crippen molar-refractivity contribution in [1.29, 1.82) is 0 Å². The second-order valence-corrected chi connectivity index (χ2v) is 5.85. The van der Waals surface area contributed by atoms with Gasteiger partial charge in [-0.15, -0.1) is 0 Å². The van der Waals surface area contributed by atoms with Crippen LogP contribution in [0.3, 0.4) is 0 Å². The minimum absolute atomic E-state index is 0.0670. The fourth-order valence-electron chi connectivity index (χ4n) is 3.15. The van der Waals surface area contributed by atoms with Gasteiger partial charge >= 0.3 is 6.61 Å². The normalized spacial score (nSPS) is 15.5. The smallest absolute Gasteiger partial charge is 0.387 e. The molecule has 0 bridgehead atoms. The molecule has 24 heavy (non-hydrogen) atoms. The fourth-order valence-corrected chi connectivity index (χ4v) is 3.15. The first kappa shape index (κ1) is 16.4. The second-order valence-electron chi connectivity index (χ2n) is 5.85. The molecule has 5 heteroatoms. The molecule has 2 aromatic rings. The summed E-state index contributed by atoms with van der Waals surface area (Å²) in [5, 5.41) is 0. The molecule has 0 aliphatic carbocycles. The van der Waals surface area contributed by atoms with Crippen LogP contribution in [-0.4, -0.2) is 30.5 Å². The van der Waals surface area contributed by atoms with Crippen LogP contribution in [0.15, 0.2) is 54.6 Å². The number of nitrogens with zero attached hydrogens (tertiary/aromatic N) is 1. The number of alkyl halides is 2. The average Bonchev–Trinajstić information content (AvgIpc) is 2.62. The van der Waals surface area contributed by atoms with Crippen molar-refractivity contribution in [1.82, 2.24) is 4.90 Å². The Kier molecular flexibility index (Phi) is 5.08. The standard InChI is InChI=1S/C19H19F2NO2/c20-19(21)24-17-9-5-4-8-16(17)18(23)22-12-10-15(11-13-22)14-6-2-1-3-7-14/h1-9,15,19H,10-13H2. The molecule has 126 valence electrons. The largest absolute Gasteiger partial charge is 0.434 e. The lowest BCUT2D eigenvalue weighted by molar-refractivity contribution is -0.0503. The molecule has 1 amide bonds. The summed E-state index contributed by atoms with van der Waals surface area (Å²) in [7, 11) is 0. The Bertz CT molecular complexity index is 683. The lowest BCUT2D eigenvalue weighted by atomic mass is 9.89. The molecular formula is C19H19F2NO2. The zero-order valence-electron chi connectivity index (χ0n) is 13.2. The topological polar surface area (TPSA) is 29.5 Å². The maximum atomic E-state index is 12.6. The third-order valence-corrected chi connectivity index (χ3v) is 4.39. The Balaban J connectivity index is 1.68. The van der Waals surface area contributed by atoms with Crippen molar-refractivity contribution >= 4 is 5.91 Å². The number of ether oxygens (including phenoxy) is 1. The van der Waals surface area contributed by atoms with Gasteiger partial charge in [-0.1, -0.05) is 42.5 Å². The third-order valence-electron chi connectivity index (χ3n) is 4.39. The van der Waals surface area contributed by atoms with Crippen molar-refractivity contribution < 1.29 is 18.3 Å². The van der Waals surface area contributed by atoms with Crippen molar-refractivity contribution in [3.05, 3.63) is 65.7 Å². The Labute approximate surface area is 139 Å². The molecule has 1 saturated heterocycles. The van der Waals surface area contributed by atoms with Crippen LogP contribution >= 0.6 is 0 Å². The third kappa shape index (κ3) is 3.72. The van der Waals surface area contributed by atoms with Crippen LogP contribution in [-0.2, 0) is 0 Å². The summed E-state index contributed by atoms with van der Waals surface area (Å²) in [5.74, 6) is 0.114. The van der Waals surface area contributed by atoms with Gasteiger partial charge in [0.15, 0.2) is 0 Å². The molecular weight excluding hydrogens is 312 g/mol. The number of para-hydroxylation sites is 1. The number of amides is 1. The van der Waals surface area contributed by atoms with E-state index >= 15 is 0 Å². The van der Waals surface area contributed by atoms with E-state index in [2.05, 4.69) is 16.9 Å². The van der Waals surface area contributed by atoms with Gasteiger partial charge in [0.25, 0.3) is 5.91 Å². The molecule has 1 fully saturated rings. The van der Waals surface area contributed by atoms with Crippen LogP contribution < -0.4 is 4.74 Å². The monoisotopic (exact) mass is 331 g/mol. The highest BCUT2D eigenvalue weighted by molar-refractivity contribution is 5.97. The molecule has 3 nitrogen and oxygen atoms in total. The fraction of sp³-hybridized carbons (Fsp3) is 0.316. The molecule has 0 spiro atoms. The average molecular weight is 331 g/mol. The summed E-state index contributed by atoms with van der Waals surface area (Å²) < 4.78 is 29.5. The maximum Gasteiger partial charge on any atom is 0.387 e. The van der Waals surface area contributed by atoms with Gasteiger partial charge in [0.05, 0.1) is 5.56 Å². The van der Waals surface area contributed by atoms with Crippen LogP contribution in [0.25, 0.3) is 0 Å². The summed E-state index contributed by atoms with van der Waals surface area (Å²) in [6.45, 7) is -1.72. The van der Waals surface area contributed by atoms with Gasteiger partial charge in [0.1, 0.15) is 5.75 Å². The van der Waals surface area contributed by atoms with Crippen LogP contribution in [0.5, 0.6) is 5.75 Å². The van der Waals surface area contributed by atoms with E-state index in [4.69, 9.17) is 0 Å². The molecule has 2 aromatic carbocycles. The van der Waals surface area contributed by atoms with Crippen LogP contribution in [0.2, 0.25) is 0 Å². The molecule has 1 aliphatic heterocycles. The Morgan fingerprint density at radius 2 is 1.62 bits per heavy atom. The molecule has 0 aromatic heterocycles. The Morgan fingerprint density at radius 1 is 1.00 bits per heavy atom. The predicted molar refractivity (Wildman–Crippen MR) is 87.4 cm³/mol. The van der Waals surface area contributed by atoms with E-state index in [1.165, 1.54) is 17.7 Å². The lowest BCUT2D eigenvalue weighted by Crippen LogP contribution is -2.38. The Morgan fingerprint density at radius 3 is 2.29 bits per heavy atom. The summed E-state index contributed by atoms with van der Waals surface area (Å²) in [5.41, 5.74) is 1.47. The van der Waals surface area contributed by atoms with Gasteiger partial charge in [0, 0.05) is 13.1 Å². The number of benzene rings is 2. The van der Waals surface area contributed by atoms with Crippen molar-refractivity contribution in [3.63, 3.8) is 0 Å². The quantitative estimate of drug-likeness (QED) is 0.835. The minimum Gasteiger partial charge on any atom is -0.434 e. The van der Waals surface area contributed by atoms with Gasteiger partial charge in [-0.3, -0.25) is 4.79 Å². The second kappa shape index (κ2) is 7.43. The van der Waals surface area contributed by atoms with E-state index in [9.17, 15) is 13.6 Å². The van der Waals surface area contributed by atoms with Crippen LogP contribution in [0, 0.1) is 0 Å². The number of likely N-dealkylation sites (tertiary alicyclic amines) is 1. The van der Waals surface area contributed by atoms with E-state index in [1.807, 2.05) is 18.2 Å². The molecule has 1 aliphatic rings. The Hall–Kier alpha value is -2.43. The molecule has 0 atom stereocenters. The molecule has 0 N–H and O–H groups in total. The first-order chi connectivity index (χ1) is 11.6. The number of carbonyl (C=O) groups excluding carboxylic acids is 1. The highest BCUT2D eigenvalue weighted by Crippen LogP contribution is 2.30. The van der Waals surface area contributed by atoms with Gasteiger partial charge in [-0.2, -0.15) is 8.78 Å². The number of hydrogen-bond acceptors (Lipinski definition) is 2. The maximum absolute atomic E-state index is 12.6. The predicted octanol–water partition coefficient (Wildman–Crippen LogP) is 4.31. The number of halogens is 2. The number of hydrogen-bond donors (Lipinski definition) is 0. The van der Waals surface area contributed by atoms with E-state index in [0.29, 0.717) is 19.0 Å². The highest BCUT2D eigenvalue weighted by Gasteiger charge is 2.26. The van der Waals surface area contributed by atoms with E-state index in [-0.39, 0.29) is 17.2 Å². The zero-order chi connectivity index (χ0) is 16.9. The summed E-state index contributed by atoms with van der Waals surface area (Å²) in [6.07, 6.45) is 1.74. The first-order valence-corrected chi connectivity index (χ1v) is 8.03. The number of carbonyl (C=O) groups is 1. The van der Waals surface area contributed by atoms with Gasteiger partial charge in [-0.25, -0.2) is 0 Å². The van der Waals surface area contributed by atoms with Crippen molar-refractivity contribution in [2.45, 2.75) is 25.4 Å². The molecule has 0 unspecified atom stereocenters. The summed E-state index contributed by atoms with van der Waals surface area (Å²) >= 11 is 0. The van der Waals surface area contributed by atoms with Crippen molar-refractivity contribution in [2.24, 2.45) is 0 Å². The molecule has 3 rings (SSSR count). The van der Waals surface area contributed by atoms with Crippen molar-refractivity contribution in [2.75, 3.05) is 13.1 Å². The van der Waals surface area contributed by atoms with Crippen LogP contribution in [0.4, 0.5) is 8.78 Å². The SMILES string of the molecule is O=C(c1ccccc1OC(F)F)N1CCC(c2ccccc2)CC1. The first-order valence-electron chi connectivity index (χ1n) is 8.03. The van der Waals surface area contributed by atoms with Gasteiger partial charge in [-0.05, 0) is 36.5 Å². The van der Waals surface area contributed by atoms with Gasteiger partial charge in [0.2, 0.25) is 0 Å². The highest BCUT2D eigenvalue weighted by atomic mass is 19.3. The summed E-state index contributed by atoms with van der Waals surface area (Å²) in [4.78, 5) is 14.4. The zero-order valence-corrected chi connectivity index (χ0v) is 13.2. The van der Waals surface area contributed by atoms with E-state index in [0.717, 1.165) is 12.8 Å². The summed E-state index contributed by atoms with van der Waals surface area (Å²) in [6, 6.07) is 16.4. The minimum atomic E-state index is -2.94. The van der Waals surface area contributed by atoms with Crippen LogP contribution in [0.1, 0.15) is 34.7 Å². The number of rotatable bonds is 4. The molecule has 0 saturated carbocycles. The number of piperidine rings is 1. The van der Waals surface area contributed by atoms with Crippen molar-refractivity contribution in [3.8, 4) is 5.75 Å².